The standard InChI is InChI=1S/C19H20N6O3S2/c1-3-9-28-24-14-6-8-25(30(2,26)27)18-17(14)23-15(11-21-18)16-12-22-19(29-16)13-5-4-7-20-10-13/h4-5,7,10-12H,3,6,8-9H2,1-2H3. The maximum Gasteiger partial charge on any atom is 0.233 e. The van der Waals surface area contributed by atoms with E-state index in [-0.39, 0.29) is 12.4 Å². The lowest BCUT2D eigenvalue weighted by Crippen LogP contribution is -2.38. The van der Waals surface area contributed by atoms with Gasteiger partial charge in [-0.15, -0.1) is 11.3 Å². The SMILES string of the molecule is CCCON=C1CCN(S(C)(=O)=O)c2ncc(-c3cnc(-c4cccnc4)s3)nc21. The first-order valence-electron chi connectivity index (χ1n) is 9.38. The highest BCUT2D eigenvalue weighted by Gasteiger charge is 2.31. The van der Waals surface area contributed by atoms with Crippen molar-refractivity contribution in [1.29, 1.82) is 0 Å². The van der Waals surface area contributed by atoms with Crippen molar-refractivity contribution in [1.82, 2.24) is 19.9 Å². The fourth-order valence-corrected chi connectivity index (χ4v) is 4.68. The normalized spacial score (nSPS) is 15.3. The van der Waals surface area contributed by atoms with Crippen LogP contribution in [0.5, 0.6) is 0 Å². The van der Waals surface area contributed by atoms with Crippen LogP contribution in [-0.4, -0.2) is 53.5 Å². The van der Waals surface area contributed by atoms with Crippen LogP contribution in [0, 0.1) is 0 Å². The summed E-state index contributed by atoms with van der Waals surface area (Å²) in [7, 11) is -3.48. The van der Waals surface area contributed by atoms with E-state index in [1.54, 1.807) is 24.8 Å². The molecule has 0 radical (unpaired) electrons. The molecule has 0 aliphatic carbocycles. The van der Waals surface area contributed by atoms with Crippen molar-refractivity contribution in [2.24, 2.45) is 5.16 Å². The lowest BCUT2D eigenvalue weighted by Gasteiger charge is -2.27. The van der Waals surface area contributed by atoms with Crippen LogP contribution < -0.4 is 4.31 Å². The Morgan fingerprint density at radius 3 is 2.87 bits per heavy atom. The number of fused-ring (bicyclic) bond motifs is 1. The highest BCUT2D eigenvalue weighted by molar-refractivity contribution is 7.92. The van der Waals surface area contributed by atoms with E-state index in [9.17, 15) is 8.42 Å². The van der Waals surface area contributed by atoms with E-state index >= 15 is 0 Å². The molecule has 4 rings (SSSR count). The number of nitrogens with zero attached hydrogens (tertiary/aromatic N) is 6. The van der Waals surface area contributed by atoms with Crippen molar-refractivity contribution in [2.45, 2.75) is 19.8 Å². The predicted octanol–water partition coefficient (Wildman–Crippen LogP) is 2.96. The quantitative estimate of drug-likeness (QED) is 0.424. The van der Waals surface area contributed by atoms with Gasteiger partial charge in [0, 0.05) is 37.1 Å². The molecule has 4 heterocycles. The van der Waals surface area contributed by atoms with Crippen molar-refractivity contribution in [3.05, 3.63) is 42.6 Å². The fraction of sp³-hybridized carbons (Fsp3) is 0.316. The molecule has 0 amide bonds. The molecule has 0 atom stereocenters. The number of aromatic nitrogens is 4. The summed E-state index contributed by atoms with van der Waals surface area (Å²) in [6.07, 6.45) is 9.13. The van der Waals surface area contributed by atoms with Gasteiger partial charge in [-0.2, -0.15) is 0 Å². The van der Waals surface area contributed by atoms with Crippen LogP contribution in [0.4, 0.5) is 5.82 Å². The van der Waals surface area contributed by atoms with E-state index in [0.717, 1.165) is 28.1 Å². The zero-order valence-corrected chi connectivity index (χ0v) is 18.2. The third-order valence-electron chi connectivity index (χ3n) is 4.35. The molecular formula is C19H20N6O3S2. The first-order valence-corrected chi connectivity index (χ1v) is 12.0. The zero-order valence-electron chi connectivity index (χ0n) is 16.5. The Hall–Kier alpha value is -2.92. The van der Waals surface area contributed by atoms with Gasteiger partial charge in [0.2, 0.25) is 10.0 Å². The summed E-state index contributed by atoms with van der Waals surface area (Å²) in [6, 6.07) is 3.79. The Morgan fingerprint density at radius 1 is 1.27 bits per heavy atom. The van der Waals surface area contributed by atoms with Gasteiger partial charge in [-0.3, -0.25) is 9.29 Å². The molecule has 3 aromatic rings. The summed E-state index contributed by atoms with van der Waals surface area (Å²) in [4.78, 5) is 23.8. The van der Waals surface area contributed by atoms with Crippen molar-refractivity contribution >= 4 is 32.9 Å². The van der Waals surface area contributed by atoms with Crippen LogP contribution in [0.25, 0.3) is 21.1 Å². The largest absolute Gasteiger partial charge is 0.396 e. The highest BCUT2D eigenvalue weighted by Crippen LogP contribution is 2.33. The Morgan fingerprint density at radius 2 is 2.13 bits per heavy atom. The minimum absolute atomic E-state index is 0.250. The molecule has 0 bridgehead atoms. The second-order valence-electron chi connectivity index (χ2n) is 6.66. The Bertz CT molecular complexity index is 1180. The number of hydrogen-bond acceptors (Lipinski definition) is 9. The molecular weight excluding hydrogens is 424 g/mol. The number of pyridine rings is 1. The monoisotopic (exact) mass is 444 g/mol. The summed E-state index contributed by atoms with van der Waals surface area (Å²) in [5.41, 5.74) is 2.51. The molecule has 0 saturated heterocycles. The van der Waals surface area contributed by atoms with Gasteiger partial charge < -0.3 is 4.84 Å². The van der Waals surface area contributed by atoms with E-state index < -0.39 is 10.0 Å². The highest BCUT2D eigenvalue weighted by atomic mass is 32.2. The molecule has 1 aliphatic rings. The van der Waals surface area contributed by atoms with Gasteiger partial charge in [-0.25, -0.2) is 23.4 Å². The molecule has 0 N–H and O–H groups in total. The summed E-state index contributed by atoms with van der Waals surface area (Å²) >= 11 is 1.46. The molecule has 156 valence electrons. The Kier molecular flexibility index (Phi) is 5.73. The number of thiazole rings is 1. The Balaban J connectivity index is 1.75. The van der Waals surface area contributed by atoms with E-state index in [2.05, 4.69) is 25.1 Å². The lowest BCUT2D eigenvalue weighted by molar-refractivity contribution is 0.144. The van der Waals surface area contributed by atoms with Crippen LogP contribution in [0.1, 0.15) is 25.5 Å². The van der Waals surface area contributed by atoms with Gasteiger partial charge >= 0.3 is 0 Å². The average molecular weight is 445 g/mol. The Labute approximate surface area is 178 Å². The number of anilines is 1. The van der Waals surface area contributed by atoms with Crippen LogP contribution >= 0.6 is 11.3 Å². The minimum atomic E-state index is -3.48. The third-order valence-corrected chi connectivity index (χ3v) is 6.58. The van der Waals surface area contributed by atoms with Crippen LogP contribution in [0.2, 0.25) is 0 Å². The first-order chi connectivity index (χ1) is 14.5. The van der Waals surface area contributed by atoms with Gasteiger partial charge in [0.25, 0.3) is 0 Å². The lowest BCUT2D eigenvalue weighted by atomic mass is 10.1. The maximum absolute atomic E-state index is 12.2. The smallest absolute Gasteiger partial charge is 0.233 e. The van der Waals surface area contributed by atoms with Crippen molar-refractivity contribution in [3.63, 3.8) is 0 Å². The first kappa shape index (κ1) is 20.4. The predicted molar refractivity (Wildman–Crippen MR) is 116 cm³/mol. The minimum Gasteiger partial charge on any atom is -0.396 e. The molecule has 11 heteroatoms. The van der Waals surface area contributed by atoms with Gasteiger partial charge in [-0.05, 0) is 18.6 Å². The zero-order chi connectivity index (χ0) is 21.1. The molecule has 30 heavy (non-hydrogen) atoms. The number of oxime groups is 1. The maximum atomic E-state index is 12.2. The van der Waals surface area contributed by atoms with Gasteiger partial charge in [0.15, 0.2) is 5.82 Å². The van der Waals surface area contributed by atoms with E-state index in [1.807, 2.05) is 19.1 Å². The number of sulfonamides is 1. The molecule has 0 aromatic carbocycles. The molecule has 0 saturated carbocycles. The summed E-state index contributed by atoms with van der Waals surface area (Å²) in [5, 5.41) is 5.01. The fourth-order valence-electron chi connectivity index (χ4n) is 2.95. The molecule has 1 aliphatic heterocycles. The molecule has 9 nitrogen and oxygen atoms in total. The van der Waals surface area contributed by atoms with Crippen LogP contribution in [-0.2, 0) is 14.9 Å². The molecule has 3 aromatic heterocycles. The van der Waals surface area contributed by atoms with Gasteiger partial charge in [0.1, 0.15) is 28.7 Å². The van der Waals surface area contributed by atoms with E-state index in [0.29, 0.717) is 30.1 Å². The van der Waals surface area contributed by atoms with Crippen LogP contribution in [0.3, 0.4) is 0 Å². The van der Waals surface area contributed by atoms with Gasteiger partial charge in [-0.1, -0.05) is 12.1 Å². The topological polar surface area (TPSA) is 111 Å². The molecule has 0 spiro atoms. The van der Waals surface area contributed by atoms with Crippen molar-refractivity contribution in [3.8, 4) is 21.1 Å². The molecule has 0 fully saturated rings. The van der Waals surface area contributed by atoms with Crippen molar-refractivity contribution in [2.75, 3.05) is 23.7 Å². The van der Waals surface area contributed by atoms with Crippen molar-refractivity contribution < 1.29 is 13.3 Å². The summed E-state index contributed by atoms with van der Waals surface area (Å²) in [6.45, 7) is 2.72. The molecule has 0 unspecified atom stereocenters. The van der Waals surface area contributed by atoms with Gasteiger partial charge in [0.05, 0.1) is 17.3 Å². The number of hydrogen-bond donors (Lipinski definition) is 0. The van der Waals surface area contributed by atoms with Crippen LogP contribution in [0.15, 0.2) is 42.1 Å². The summed E-state index contributed by atoms with van der Waals surface area (Å²) in [5.74, 6) is 0.267. The number of rotatable bonds is 6. The average Bonchev–Trinajstić information content (AvgIpc) is 3.24. The van der Waals surface area contributed by atoms with E-state index in [4.69, 9.17) is 4.84 Å². The summed E-state index contributed by atoms with van der Waals surface area (Å²) < 4.78 is 25.7. The second-order valence-corrected chi connectivity index (χ2v) is 9.59. The van der Waals surface area contributed by atoms with E-state index in [1.165, 1.54) is 15.6 Å². The second kappa shape index (κ2) is 8.44. The third kappa shape index (κ3) is 4.17.